The maximum atomic E-state index is 12.8. The fraction of sp³-hybridized carbons (Fsp3) is 0.263. The highest BCUT2D eigenvalue weighted by atomic mass is 32.2. The van der Waals surface area contributed by atoms with Gasteiger partial charge in [0.05, 0.1) is 21.7 Å². The van der Waals surface area contributed by atoms with Crippen molar-refractivity contribution in [1.82, 2.24) is 0 Å². The van der Waals surface area contributed by atoms with E-state index >= 15 is 0 Å². The summed E-state index contributed by atoms with van der Waals surface area (Å²) in [6, 6.07) is 12.0. The summed E-state index contributed by atoms with van der Waals surface area (Å²) in [6.07, 6.45) is 0.0526. The van der Waals surface area contributed by atoms with Crippen molar-refractivity contribution >= 4 is 42.9 Å². The van der Waals surface area contributed by atoms with E-state index in [1.54, 1.807) is 24.3 Å². The van der Waals surface area contributed by atoms with Crippen molar-refractivity contribution in [1.29, 1.82) is 0 Å². The number of nitrogens with one attached hydrogen (secondary N) is 2. The van der Waals surface area contributed by atoms with Gasteiger partial charge in [-0.2, -0.15) is 0 Å². The molecule has 0 aliphatic carbocycles. The highest BCUT2D eigenvalue weighted by Crippen LogP contribution is 2.26. The van der Waals surface area contributed by atoms with Gasteiger partial charge in [0.1, 0.15) is 0 Å². The van der Waals surface area contributed by atoms with Crippen LogP contribution in [-0.4, -0.2) is 45.4 Å². The first-order valence-corrected chi connectivity index (χ1v) is 12.2. The average Bonchev–Trinajstić information content (AvgIpc) is 3.02. The molecule has 154 valence electrons. The van der Waals surface area contributed by atoms with Crippen LogP contribution in [0.25, 0.3) is 0 Å². The van der Waals surface area contributed by atoms with Crippen LogP contribution in [0.15, 0.2) is 53.4 Å². The van der Waals surface area contributed by atoms with E-state index in [4.69, 9.17) is 0 Å². The Bertz CT molecular complexity index is 1170. The minimum atomic E-state index is -3.87. The summed E-state index contributed by atoms with van der Waals surface area (Å²) in [5.74, 6) is -1.33. The Balaban J connectivity index is 1.81. The van der Waals surface area contributed by atoms with Crippen LogP contribution in [0, 0.1) is 0 Å². The van der Waals surface area contributed by atoms with E-state index in [0.29, 0.717) is 11.4 Å². The number of sulfone groups is 2. The number of hydrogen-bond donors (Lipinski definition) is 2. The molecule has 2 aromatic rings. The summed E-state index contributed by atoms with van der Waals surface area (Å²) in [5.41, 5.74) is 1.06. The Hall–Kier alpha value is -2.72. The summed E-state index contributed by atoms with van der Waals surface area (Å²) >= 11 is 0. The molecule has 0 bridgehead atoms. The number of amides is 2. The van der Waals surface area contributed by atoms with E-state index in [1.807, 2.05) is 0 Å². The zero-order chi connectivity index (χ0) is 21.2. The van der Waals surface area contributed by atoms with Gasteiger partial charge in [-0.15, -0.1) is 0 Å². The first kappa shape index (κ1) is 21.0. The first-order valence-electron chi connectivity index (χ1n) is 8.80. The molecular formula is C19H20N2O6S2. The van der Waals surface area contributed by atoms with Crippen LogP contribution in [-0.2, 0) is 24.5 Å². The van der Waals surface area contributed by atoms with Crippen molar-refractivity contribution in [2.24, 2.45) is 0 Å². The molecule has 0 saturated carbocycles. The van der Waals surface area contributed by atoms with Crippen LogP contribution in [0.1, 0.15) is 23.7 Å². The van der Waals surface area contributed by atoms with Gasteiger partial charge in [0, 0.05) is 23.9 Å². The summed E-state index contributed by atoms with van der Waals surface area (Å²) in [7, 11) is -7.22. The van der Waals surface area contributed by atoms with Crippen LogP contribution in [0.2, 0.25) is 0 Å². The maximum Gasteiger partial charge on any atom is 0.255 e. The van der Waals surface area contributed by atoms with Gasteiger partial charge >= 0.3 is 0 Å². The topological polar surface area (TPSA) is 126 Å². The Labute approximate surface area is 169 Å². The van der Waals surface area contributed by atoms with E-state index in [2.05, 4.69) is 10.6 Å². The number of hydrogen-bond acceptors (Lipinski definition) is 6. The third kappa shape index (κ3) is 5.01. The minimum Gasteiger partial charge on any atom is -0.326 e. The second-order valence-corrected chi connectivity index (χ2v) is 11.3. The predicted molar refractivity (Wildman–Crippen MR) is 109 cm³/mol. The zero-order valence-electron chi connectivity index (χ0n) is 15.6. The van der Waals surface area contributed by atoms with Crippen molar-refractivity contribution in [3.8, 4) is 0 Å². The van der Waals surface area contributed by atoms with E-state index in [1.165, 1.54) is 31.2 Å². The molecule has 10 heteroatoms. The van der Waals surface area contributed by atoms with Crippen molar-refractivity contribution < 1.29 is 26.4 Å². The Morgan fingerprint density at radius 1 is 1.00 bits per heavy atom. The summed E-state index contributed by atoms with van der Waals surface area (Å²) < 4.78 is 48.8. The molecule has 2 amide bonds. The molecule has 1 fully saturated rings. The third-order valence-electron chi connectivity index (χ3n) is 4.50. The van der Waals surface area contributed by atoms with Crippen LogP contribution in [0.5, 0.6) is 0 Å². The summed E-state index contributed by atoms with van der Waals surface area (Å²) in [6.45, 7) is 1.37. The largest absolute Gasteiger partial charge is 0.326 e. The molecule has 0 radical (unpaired) electrons. The number of benzene rings is 2. The van der Waals surface area contributed by atoms with Gasteiger partial charge in [-0.3, -0.25) is 9.59 Å². The maximum absolute atomic E-state index is 12.8. The van der Waals surface area contributed by atoms with Gasteiger partial charge in [-0.1, -0.05) is 12.1 Å². The summed E-state index contributed by atoms with van der Waals surface area (Å²) in [5, 5.41) is 4.26. The second kappa shape index (κ2) is 7.96. The van der Waals surface area contributed by atoms with E-state index in [0.717, 1.165) is 0 Å². The van der Waals surface area contributed by atoms with Gasteiger partial charge in [0.15, 0.2) is 19.7 Å². The van der Waals surface area contributed by atoms with Gasteiger partial charge < -0.3 is 10.6 Å². The van der Waals surface area contributed by atoms with Gasteiger partial charge in [0.2, 0.25) is 5.91 Å². The molecule has 1 heterocycles. The lowest BCUT2D eigenvalue weighted by atomic mass is 10.2. The van der Waals surface area contributed by atoms with Crippen LogP contribution < -0.4 is 10.6 Å². The molecule has 2 N–H and O–H groups in total. The lowest BCUT2D eigenvalue weighted by Crippen LogP contribution is -2.23. The molecule has 1 atom stereocenters. The molecule has 0 spiro atoms. The molecule has 1 aliphatic heterocycles. The van der Waals surface area contributed by atoms with Crippen molar-refractivity contribution in [2.75, 3.05) is 22.1 Å². The molecule has 1 unspecified atom stereocenters. The molecule has 2 aromatic carbocycles. The standard InChI is InChI=1S/C19H20N2O6S2/c1-13(22)20-15-5-3-6-16(11-15)21-19(23)14-4-2-7-17(10-14)29(26,27)18-8-9-28(24,25)12-18/h2-7,10-11,18H,8-9,12H2,1H3,(H,20,22)(H,21,23). The molecular weight excluding hydrogens is 416 g/mol. The highest BCUT2D eigenvalue weighted by Gasteiger charge is 2.38. The van der Waals surface area contributed by atoms with E-state index in [9.17, 15) is 26.4 Å². The molecule has 29 heavy (non-hydrogen) atoms. The number of carbonyl (C=O) groups excluding carboxylic acids is 2. The fourth-order valence-electron chi connectivity index (χ4n) is 3.09. The van der Waals surface area contributed by atoms with Crippen LogP contribution in [0.4, 0.5) is 11.4 Å². The van der Waals surface area contributed by atoms with Crippen molar-refractivity contribution in [3.63, 3.8) is 0 Å². The van der Waals surface area contributed by atoms with Crippen molar-refractivity contribution in [2.45, 2.75) is 23.5 Å². The Morgan fingerprint density at radius 2 is 1.66 bits per heavy atom. The number of carbonyl (C=O) groups is 2. The second-order valence-electron chi connectivity index (χ2n) is 6.81. The first-order chi connectivity index (χ1) is 13.6. The van der Waals surface area contributed by atoms with Crippen molar-refractivity contribution in [3.05, 3.63) is 54.1 Å². The smallest absolute Gasteiger partial charge is 0.255 e. The van der Waals surface area contributed by atoms with E-state index < -0.39 is 36.6 Å². The Morgan fingerprint density at radius 3 is 2.28 bits per heavy atom. The molecule has 0 aromatic heterocycles. The van der Waals surface area contributed by atoms with E-state index in [-0.39, 0.29) is 28.5 Å². The summed E-state index contributed by atoms with van der Waals surface area (Å²) in [4.78, 5) is 23.6. The molecule has 1 aliphatic rings. The quantitative estimate of drug-likeness (QED) is 0.737. The lowest BCUT2D eigenvalue weighted by molar-refractivity contribution is -0.114. The Kier molecular flexibility index (Phi) is 5.76. The average molecular weight is 437 g/mol. The van der Waals surface area contributed by atoms with Gasteiger partial charge in [0.25, 0.3) is 5.91 Å². The third-order valence-corrected chi connectivity index (χ3v) is 8.67. The van der Waals surface area contributed by atoms with Gasteiger partial charge in [-0.25, -0.2) is 16.8 Å². The fourth-order valence-corrected chi connectivity index (χ4v) is 7.50. The predicted octanol–water partition coefficient (Wildman–Crippen LogP) is 1.86. The SMILES string of the molecule is CC(=O)Nc1cccc(NC(=O)c2cccc(S(=O)(=O)C3CCS(=O)(=O)C3)c2)c1. The van der Waals surface area contributed by atoms with Gasteiger partial charge in [-0.05, 0) is 42.8 Å². The number of anilines is 2. The highest BCUT2D eigenvalue weighted by molar-refractivity contribution is 7.96. The molecule has 3 rings (SSSR count). The monoisotopic (exact) mass is 436 g/mol. The van der Waals surface area contributed by atoms with Crippen LogP contribution in [0.3, 0.4) is 0 Å². The lowest BCUT2D eigenvalue weighted by Gasteiger charge is -2.12. The minimum absolute atomic E-state index is 0.0526. The van der Waals surface area contributed by atoms with Crippen LogP contribution >= 0.6 is 0 Å². The number of rotatable bonds is 5. The molecule has 1 saturated heterocycles. The normalized spacial score (nSPS) is 18.2. The molecule has 8 nitrogen and oxygen atoms in total. The zero-order valence-corrected chi connectivity index (χ0v) is 17.2.